The predicted molar refractivity (Wildman–Crippen MR) is 52.0 cm³/mol. The molecule has 0 aliphatic carbocycles. The zero-order valence-electron chi connectivity index (χ0n) is 8.38. The fourth-order valence-corrected chi connectivity index (χ4v) is 1.38. The highest BCUT2D eigenvalue weighted by atomic mass is 19.1. The van der Waals surface area contributed by atoms with E-state index in [0.29, 0.717) is 0 Å². The van der Waals surface area contributed by atoms with Crippen LogP contribution in [0.5, 0.6) is 0 Å². The number of aromatic amines is 1. The minimum absolute atomic E-state index is 0.00514. The Bertz CT molecular complexity index is 551. The van der Waals surface area contributed by atoms with Crippen LogP contribution in [0.25, 0.3) is 10.9 Å². The number of rotatable bonds is 2. The molecule has 0 amide bonds. The molecule has 0 spiro atoms. The maximum Gasteiger partial charge on any atom is 0.341 e. The van der Waals surface area contributed by atoms with Crippen LogP contribution in [-0.2, 0) is 4.74 Å². The van der Waals surface area contributed by atoms with Crippen molar-refractivity contribution in [2.75, 3.05) is 6.61 Å². The summed E-state index contributed by atoms with van der Waals surface area (Å²) < 4.78 is 31.4. The van der Waals surface area contributed by atoms with Crippen LogP contribution in [0.15, 0.2) is 12.1 Å². The Kier molecular flexibility index (Phi) is 2.55. The quantitative estimate of drug-likeness (QED) is 0.797. The smallest absolute Gasteiger partial charge is 0.341 e. The van der Waals surface area contributed by atoms with Gasteiger partial charge in [-0.15, -0.1) is 0 Å². The Morgan fingerprint density at radius 1 is 1.50 bits per heavy atom. The summed E-state index contributed by atoms with van der Waals surface area (Å²) in [7, 11) is 0. The molecular formula is C10H8F2N2O2. The largest absolute Gasteiger partial charge is 0.462 e. The number of nitrogens with zero attached hydrogens (tertiary/aromatic N) is 1. The zero-order valence-corrected chi connectivity index (χ0v) is 8.38. The van der Waals surface area contributed by atoms with Crippen LogP contribution in [0, 0.1) is 11.8 Å². The highest BCUT2D eigenvalue weighted by Crippen LogP contribution is 2.21. The molecule has 6 heteroatoms. The van der Waals surface area contributed by atoms with E-state index in [1.54, 1.807) is 6.92 Å². The summed E-state index contributed by atoms with van der Waals surface area (Å²) in [5.74, 6) is -2.40. The molecule has 16 heavy (non-hydrogen) atoms. The second-order valence-corrected chi connectivity index (χ2v) is 3.08. The van der Waals surface area contributed by atoms with Gasteiger partial charge in [-0.25, -0.2) is 9.18 Å². The maximum atomic E-state index is 13.7. The first-order valence-electron chi connectivity index (χ1n) is 4.64. The number of benzene rings is 1. The van der Waals surface area contributed by atoms with Crippen molar-refractivity contribution in [2.24, 2.45) is 0 Å². The van der Waals surface area contributed by atoms with E-state index >= 15 is 0 Å². The van der Waals surface area contributed by atoms with Gasteiger partial charge in [-0.3, -0.25) is 5.10 Å². The maximum absolute atomic E-state index is 13.7. The van der Waals surface area contributed by atoms with Gasteiger partial charge in [0, 0.05) is 0 Å². The lowest BCUT2D eigenvalue weighted by Crippen LogP contribution is -2.07. The molecule has 0 saturated carbocycles. The normalized spacial score (nSPS) is 10.7. The van der Waals surface area contributed by atoms with Gasteiger partial charge in [0.2, 0.25) is 5.95 Å². The Morgan fingerprint density at radius 3 is 2.94 bits per heavy atom. The lowest BCUT2D eigenvalue weighted by atomic mass is 10.1. The molecule has 0 atom stereocenters. The van der Waals surface area contributed by atoms with Crippen molar-refractivity contribution < 1.29 is 18.3 Å². The lowest BCUT2D eigenvalue weighted by Gasteiger charge is -2.02. The van der Waals surface area contributed by atoms with Gasteiger partial charge in [0.05, 0.1) is 17.6 Å². The fraction of sp³-hybridized carbons (Fsp3) is 0.200. The highest BCUT2D eigenvalue weighted by Gasteiger charge is 2.18. The fourth-order valence-electron chi connectivity index (χ4n) is 1.38. The second-order valence-electron chi connectivity index (χ2n) is 3.08. The average molecular weight is 226 g/mol. The molecule has 0 radical (unpaired) electrons. The number of hydrogen-bond donors (Lipinski definition) is 1. The van der Waals surface area contributed by atoms with Gasteiger partial charge in [0.25, 0.3) is 0 Å². The average Bonchev–Trinajstić information content (AvgIpc) is 2.62. The number of nitrogens with one attached hydrogen (secondary N) is 1. The first kappa shape index (κ1) is 10.5. The number of aromatic nitrogens is 2. The third-order valence-electron chi connectivity index (χ3n) is 2.11. The van der Waals surface area contributed by atoms with Crippen LogP contribution in [0.1, 0.15) is 17.3 Å². The van der Waals surface area contributed by atoms with E-state index in [9.17, 15) is 13.6 Å². The number of carbonyl (C=O) groups is 1. The van der Waals surface area contributed by atoms with Gasteiger partial charge in [-0.1, -0.05) is 0 Å². The molecule has 2 rings (SSSR count). The lowest BCUT2D eigenvalue weighted by molar-refractivity contribution is 0.0521. The standard InChI is InChI=1S/C10H8F2N2O2/c1-2-16-10(15)5-3-4-6-8(7(5)11)13-14-9(6)12/h3-4H,2H2,1H3,(H,13,14). The second kappa shape index (κ2) is 3.88. The molecule has 0 aliphatic heterocycles. The first-order valence-corrected chi connectivity index (χ1v) is 4.64. The van der Waals surface area contributed by atoms with Gasteiger partial charge < -0.3 is 4.74 Å². The molecule has 1 aromatic carbocycles. The van der Waals surface area contributed by atoms with Gasteiger partial charge in [-0.2, -0.15) is 9.49 Å². The first-order chi connectivity index (χ1) is 7.65. The third kappa shape index (κ3) is 1.52. The summed E-state index contributed by atoms with van der Waals surface area (Å²) in [5, 5.41) is 5.45. The molecule has 2 aromatic rings. The summed E-state index contributed by atoms with van der Waals surface area (Å²) in [5.41, 5.74) is -0.455. The van der Waals surface area contributed by atoms with E-state index in [0.717, 1.165) is 0 Å². The van der Waals surface area contributed by atoms with Crippen LogP contribution in [-0.4, -0.2) is 22.8 Å². The number of esters is 1. The van der Waals surface area contributed by atoms with Crippen LogP contribution in [0.4, 0.5) is 8.78 Å². The van der Waals surface area contributed by atoms with Crippen LogP contribution < -0.4 is 0 Å². The van der Waals surface area contributed by atoms with Crippen molar-refractivity contribution in [3.8, 4) is 0 Å². The van der Waals surface area contributed by atoms with Crippen molar-refractivity contribution in [2.45, 2.75) is 6.92 Å². The summed E-state index contributed by atoms with van der Waals surface area (Å²) in [6.07, 6.45) is 0. The number of H-pyrrole nitrogens is 1. The summed E-state index contributed by atoms with van der Waals surface area (Å²) in [4.78, 5) is 11.3. The Labute approximate surface area is 89.2 Å². The van der Waals surface area contributed by atoms with E-state index in [2.05, 4.69) is 9.84 Å². The van der Waals surface area contributed by atoms with Crippen molar-refractivity contribution in [3.63, 3.8) is 0 Å². The van der Waals surface area contributed by atoms with E-state index in [1.807, 2.05) is 5.10 Å². The van der Waals surface area contributed by atoms with E-state index in [-0.39, 0.29) is 23.1 Å². The van der Waals surface area contributed by atoms with Crippen molar-refractivity contribution >= 4 is 16.9 Å². The van der Waals surface area contributed by atoms with Crippen LogP contribution in [0.3, 0.4) is 0 Å². The molecule has 0 aliphatic rings. The van der Waals surface area contributed by atoms with E-state index in [4.69, 9.17) is 0 Å². The Balaban J connectivity index is 2.56. The summed E-state index contributed by atoms with van der Waals surface area (Å²) in [6, 6.07) is 2.46. The van der Waals surface area contributed by atoms with Crippen molar-refractivity contribution in [1.82, 2.24) is 10.2 Å². The van der Waals surface area contributed by atoms with Crippen molar-refractivity contribution in [3.05, 3.63) is 29.5 Å². The van der Waals surface area contributed by atoms with Gasteiger partial charge >= 0.3 is 5.97 Å². The van der Waals surface area contributed by atoms with Gasteiger partial charge in [0.15, 0.2) is 5.82 Å². The molecule has 4 nitrogen and oxygen atoms in total. The minimum Gasteiger partial charge on any atom is -0.462 e. The molecule has 1 heterocycles. The minimum atomic E-state index is -0.879. The summed E-state index contributed by atoms with van der Waals surface area (Å²) >= 11 is 0. The number of ether oxygens (including phenoxy) is 1. The topological polar surface area (TPSA) is 55.0 Å². The number of hydrogen-bond acceptors (Lipinski definition) is 3. The molecule has 1 aromatic heterocycles. The zero-order chi connectivity index (χ0) is 11.7. The molecule has 1 N–H and O–H groups in total. The van der Waals surface area contributed by atoms with Crippen molar-refractivity contribution in [1.29, 1.82) is 0 Å². The molecule has 0 fully saturated rings. The van der Waals surface area contributed by atoms with Gasteiger partial charge in [0.1, 0.15) is 5.52 Å². The van der Waals surface area contributed by atoms with E-state index in [1.165, 1.54) is 12.1 Å². The molecule has 84 valence electrons. The SMILES string of the molecule is CCOC(=O)c1ccc2c(F)[nH]nc2c1F. The van der Waals surface area contributed by atoms with Gasteiger partial charge in [-0.05, 0) is 19.1 Å². The summed E-state index contributed by atoms with van der Waals surface area (Å²) in [6.45, 7) is 1.76. The Hall–Kier alpha value is -1.98. The Morgan fingerprint density at radius 2 is 2.25 bits per heavy atom. The molecule has 0 unspecified atom stereocenters. The number of carbonyl (C=O) groups excluding carboxylic acids is 1. The van der Waals surface area contributed by atoms with Crippen LogP contribution in [0.2, 0.25) is 0 Å². The van der Waals surface area contributed by atoms with Crippen LogP contribution >= 0.6 is 0 Å². The molecule has 0 saturated heterocycles. The van der Waals surface area contributed by atoms with E-state index < -0.39 is 17.7 Å². The predicted octanol–water partition coefficient (Wildman–Crippen LogP) is 2.02. The molecular weight excluding hydrogens is 218 g/mol. The number of fused-ring (bicyclic) bond motifs is 1. The third-order valence-corrected chi connectivity index (χ3v) is 2.11. The monoisotopic (exact) mass is 226 g/mol. The number of halogens is 2. The highest BCUT2D eigenvalue weighted by molar-refractivity contribution is 5.94. The molecule has 0 bridgehead atoms.